The van der Waals surface area contributed by atoms with Crippen molar-refractivity contribution in [2.75, 3.05) is 12.8 Å². The highest BCUT2D eigenvalue weighted by atomic mass is 35.5. The van der Waals surface area contributed by atoms with Crippen LogP contribution in [0.5, 0.6) is 0 Å². The van der Waals surface area contributed by atoms with Crippen molar-refractivity contribution in [3.05, 3.63) is 28.2 Å². The van der Waals surface area contributed by atoms with Gasteiger partial charge in [0.1, 0.15) is 0 Å². The first kappa shape index (κ1) is 14.6. The molecule has 3 nitrogen and oxygen atoms in total. The fraction of sp³-hybridized carbons (Fsp3) is 0.364. The summed E-state index contributed by atoms with van der Waals surface area (Å²) < 4.78 is 0. The van der Waals surface area contributed by atoms with Crippen molar-refractivity contribution in [2.45, 2.75) is 17.4 Å². The summed E-state index contributed by atoms with van der Waals surface area (Å²) in [5.74, 6) is 0.402. The topological polar surface area (TPSA) is 55.1 Å². The van der Waals surface area contributed by atoms with Crippen LogP contribution in [0.2, 0.25) is 10.0 Å². The molecule has 0 aromatic heterocycles. The van der Waals surface area contributed by atoms with Crippen LogP contribution in [-0.2, 0) is 4.79 Å². The van der Waals surface area contributed by atoms with Gasteiger partial charge in [-0.15, -0.1) is 11.8 Å². The molecule has 1 unspecified atom stereocenters. The van der Waals surface area contributed by atoms with Crippen LogP contribution >= 0.6 is 35.0 Å². The standard InChI is InChI=1S/C11H14Cl2N2OS/c1-15-9(11(14)16)4-5-17-10-6-7(12)2-3-8(10)13/h2-3,6,9,15H,4-5H2,1H3,(H2,14,16). The van der Waals surface area contributed by atoms with E-state index in [0.717, 1.165) is 10.6 Å². The first-order valence-electron chi connectivity index (χ1n) is 5.09. The molecular formula is C11H14Cl2N2OS. The third kappa shape index (κ3) is 4.76. The predicted molar refractivity (Wildman–Crippen MR) is 73.8 cm³/mol. The zero-order valence-electron chi connectivity index (χ0n) is 9.37. The molecule has 3 N–H and O–H groups in total. The molecule has 0 aliphatic carbocycles. The number of nitrogens with two attached hydrogens (primary N) is 1. The van der Waals surface area contributed by atoms with E-state index in [9.17, 15) is 4.79 Å². The Labute approximate surface area is 115 Å². The van der Waals surface area contributed by atoms with Crippen molar-refractivity contribution in [3.63, 3.8) is 0 Å². The molecule has 0 heterocycles. The summed E-state index contributed by atoms with van der Waals surface area (Å²) in [4.78, 5) is 11.9. The lowest BCUT2D eigenvalue weighted by Gasteiger charge is -2.11. The molecule has 0 aliphatic heterocycles. The van der Waals surface area contributed by atoms with E-state index < -0.39 is 0 Å². The number of carbonyl (C=O) groups is 1. The zero-order valence-corrected chi connectivity index (χ0v) is 11.7. The quantitative estimate of drug-likeness (QED) is 0.793. The van der Waals surface area contributed by atoms with E-state index in [1.54, 1.807) is 30.9 Å². The Hall–Kier alpha value is -0.420. The number of thioether (sulfide) groups is 1. The highest BCUT2D eigenvalue weighted by molar-refractivity contribution is 7.99. The van der Waals surface area contributed by atoms with Gasteiger partial charge in [-0.2, -0.15) is 0 Å². The average molecular weight is 293 g/mol. The number of hydrogen-bond acceptors (Lipinski definition) is 3. The Kier molecular flexibility index (Phi) is 6.12. The molecule has 0 bridgehead atoms. The summed E-state index contributed by atoms with van der Waals surface area (Å²) in [7, 11) is 1.71. The third-order valence-electron chi connectivity index (χ3n) is 2.25. The number of rotatable bonds is 6. The number of halogens is 2. The second-order valence-electron chi connectivity index (χ2n) is 3.46. The molecule has 0 spiro atoms. The Morgan fingerprint density at radius 3 is 2.82 bits per heavy atom. The van der Waals surface area contributed by atoms with Crippen molar-refractivity contribution in [1.29, 1.82) is 0 Å². The summed E-state index contributed by atoms with van der Waals surface area (Å²) in [6.07, 6.45) is 0.652. The normalized spacial score (nSPS) is 12.4. The SMILES string of the molecule is CNC(CCSc1cc(Cl)ccc1Cl)C(N)=O. The van der Waals surface area contributed by atoms with Crippen molar-refractivity contribution >= 4 is 40.9 Å². The Balaban J connectivity index is 2.50. The molecule has 17 heavy (non-hydrogen) atoms. The zero-order chi connectivity index (χ0) is 12.8. The molecular weight excluding hydrogens is 279 g/mol. The number of likely N-dealkylation sites (N-methyl/N-ethyl adjacent to an activating group) is 1. The Bertz CT molecular complexity index is 401. The Morgan fingerprint density at radius 2 is 2.24 bits per heavy atom. The van der Waals surface area contributed by atoms with Crippen LogP contribution in [0.1, 0.15) is 6.42 Å². The number of amides is 1. The van der Waals surface area contributed by atoms with Gasteiger partial charge in [-0.25, -0.2) is 0 Å². The largest absolute Gasteiger partial charge is 0.368 e. The second-order valence-corrected chi connectivity index (χ2v) is 5.44. The van der Waals surface area contributed by atoms with E-state index in [0.29, 0.717) is 16.5 Å². The summed E-state index contributed by atoms with van der Waals surface area (Å²) in [6.45, 7) is 0. The van der Waals surface area contributed by atoms with Gasteiger partial charge in [-0.05, 0) is 31.7 Å². The molecule has 0 fully saturated rings. The number of carbonyl (C=O) groups excluding carboxylic acids is 1. The highest BCUT2D eigenvalue weighted by Crippen LogP contribution is 2.30. The monoisotopic (exact) mass is 292 g/mol. The first-order chi connectivity index (χ1) is 8.04. The van der Waals surface area contributed by atoms with Gasteiger partial charge >= 0.3 is 0 Å². The van der Waals surface area contributed by atoms with E-state index in [-0.39, 0.29) is 11.9 Å². The van der Waals surface area contributed by atoms with Crippen LogP contribution in [0.4, 0.5) is 0 Å². The molecule has 1 rings (SSSR count). The lowest BCUT2D eigenvalue weighted by molar-refractivity contribution is -0.119. The fourth-order valence-corrected chi connectivity index (χ4v) is 2.81. The smallest absolute Gasteiger partial charge is 0.234 e. The first-order valence-corrected chi connectivity index (χ1v) is 6.83. The molecule has 0 saturated heterocycles. The van der Waals surface area contributed by atoms with Crippen LogP contribution < -0.4 is 11.1 Å². The fourth-order valence-electron chi connectivity index (χ4n) is 1.30. The maximum atomic E-state index is 11.0. The number of benzene rings is 1. The van der Waals surface area contributed by atoms with Crippen LogP contribution in [0.25, 0.3) is 0 Å². The van der Waals surface area contributed by atoms with E-state index in [1.165, 1.54) is 0 Å². The van der Waals surface area contributed by atoms with Gasteiger partial charge in [0.25, 0.3) is 0 Å². The lowest BCUT2D eigenvalue weighted by atomic mass is 10.2. The van der Waals surface area contributed by atoms with Gasteiger partial charge in [0.05, 0.1) is 11.1 Å². The molecule has 6 heteroatoms. The summed E-state index contributed by atoms with van der Waals surface area (Å²) in [5, 5.41) is 4.18. The molecule has 1 amide bonds. The van der Waals surface area contributed by atoms with Gasteiger partial charge < -0.3 is 11.1 Å². The molecule has 94 valence electrons. The minimum Gasteiger partial charge on any atom is -0.368 e. The number of primary amides is 1. The minimum absolute atomic E-state index is 0.305. The molecule has 1 aromatic rings. The minimum atomic E-state index is -0.342. The van der Waals surface area contributed by atoms with Crippen LogP contribution in [-0.4, -0.2) is 24.7 Å². The van der Waals surface area contributed by atoms with Crippen molar-refractivity contribution in [3.8, 4) is 0 Å². The van der Waals surface area contributed by atoms with E-state index in [1.807, 2.05) is 6.07 Å². The molecule has 0 aliphatic rings. The maximum Gasteiger partial charge on any atom is 0.234 e. The van der Waals surface area contributed by atoms with Gasteiger partial charge in [0.2, 0.25) is 5.91 Å². The van der Waals surface area contributed by atoms with Crippen LogP contribution in [0, 0.1) is 0 Å². The van der Waals surface area contributed by atoms with Gasteiger partial charge in [-0.1, -0.05) is 23.2 Å². The van der Waals surface area contributed by atoms with Gasteiger partial charge in [0, 0.05) is 15.7 Å². The molecule has 1 atom stereocenters. The van der Waals surface area contributed by atoms with Crippen molar-refractivity contribution < 1.29 is 4.79 Å². The average Bonchev–Trinajstić information content (AvgIpc) is 2.28. The molecule has 0 saturated carbocycles. The predicted octanol–water partition coefficient (Wildman–Crippen LogP) is 2.55. The highest BCUT2D eigenvalue weighted by Gasteiger charge is 2.12. The summed E-state index contributed by atoms with van der Waals surface area (Å²) in [6, 6.07) is 5.01. The lowest BCUT2D eigenvalue weighted by Crippen LogP contribution is -2.39. The van der Waals surface area contributed by atoms with E-state index in [4.69, 9.17) is 28.9 Å². The second kappa shape index (κ2) is 7.11. The van der Waals surface area contributed by atoms with Crippen molar-refractivity contribution in [1.82, 2.24) is 5.32 Å². The Morgan fingerprint density at radius 1 is 1.53 bits per heavy atom. The van der Waals surface area contributed by atoms with E-state index >= 15 is 0 Å². The van der Waals surface area contributed by atoms with Gasteiger partial charge in [-0.3, -0.25) is 4.79 Å². The van der Waals surface area contributed by atoms with Gasteiger partial charge in [0.15, 0.2) is 0 Å². The van der Waals surface area contributed by atoms with Crippen LogP contribution in [0.15, 0.2) is 23.1 Å². The number of hydrogen-bond donors (Lipinski definition) is 2. The molecule has 0 radical (unpaired) electrons. The van der Waals surface area contributed by atoms with Crippen LogP contribution in [0.3, 0.4) is 0 Å². The van der Waals surface area contributed by atoms with Crippen molar-refractivity contribution in [2.24, 2.45) is 5.73 Å². The summed E-state index contributed by atoms with van der Waals surface area (Å²) >= 11 is 13.5. The van der Waals surface area contributed by atoms with E-state index in [2.05, 4.69) is 5.32 Å². The maximum absolute atomic E-state index is 11.0. The summed E-state index contributed by atoms with van der Waals surface area (Å²) in [5.41, 5.74) is 5.22. The number of nitrogens with one attached hydrogen (secondary N) is 1. The third-order valence-corrected chi connectivity index (χ3v) is 4.01. The molecule has 1 aromatic carbocycles.